The molecule has 144 valence electrons. The van der Waals surface area contributed by atoms with Gasteiger partial charge in [-0.3, -0.25) is 0 Å². The number of carbonyl (C=O) groups is 1. The van der Waals surface area contributed by atoms with Crippen LogP contribution in [0, 0.1) is 0 Å². The molecule has 0 saturated carbocycles. The molecule has 1 aromatic carbocycles. The number of ether oxygens (including phenoxy) is 3. The molecule has 1 aliphatic heterocycles. The number of hydrogen-bond acceptors (Lipinski definition) is 8. The number of methoxy groups -OCH3 is 2. The highest BCUT2D eigenvalue weighted by molar-refractivity contribution is 5.92. The van der Waals surface area contributed by atoms with E-state index in [4.69, 9.17) is 14.2 Å². The van der Waals surface area contributed by atoms with Crippen molar-refractivity contribution in [2.75, 3.05) is 26.1 Å². The summed E-state index contributed by atoms with van der Waals surface area (Å²) >= 11 is 0. The standard InChI is InChI=1S/C18H23N5O4/c1-5-6-9-27-17(24)15-11(2)19-18-20-21-22-23(18)16(15)13-8-7-12(25-3)10-14(13)26-4/h7-8,10,16H,5-6,9H2,1-4H3,(H,19,20,22)/t16-/m0/s1. The van der Waals surface area contributed by atoms with Crippen LogP contribution in [0.1, 0.15) is 38.3 Å². The third-order valence-corrected chi connectivity index (χ3v) is 4.40. The van der Waals surface area contributed by atoms with Crippen molar-refractivity contribution in [2.24, 2.45) is 0 Å². The van der Waals surface area contributed by atoms with Gasteiger partial charge < -0.3 is 19.5 Å². The van der Waals surface area contributed by atoms with Crippen LogP contribution in [0.25, 0.3) is 0 Å². The second-order valence-corrected chi connectivity index (χ2v) is 6.11. The molecule has 0 fully saturated rings. The van der Waals surface area contributed by atoms with Crippen molar-refractivity contribution in [1.82, 2.24) is 20.2 Å². The molecule has 0 bridgehead atoms. The minimum absolute atomic E-state index is 0.362. The van der Waals surface area contributed by atoms with Gasteiger partial charge in [0.05, 0.1) is 26.4 Å². The van der Waals surface area contributed by atoms with Crippen molar-refractivity contribution >= 4 is 11.9 Å². The fourth-order valence-electron chi connectivity index (χ4n) is 3.00. The van der Waals surface area contributed by atoms with E-state index in [9.17, 15) is 4.79 Å². The van der Waals surface area contributed by atoms with E-state index in [2.05, 4.69) is 20.8 Å². The van der Waals surface area contributed by atoms with E-state index in [1.807, 2.05) is 13.0 Å². The smallest absolute Gasteiger partial charge is 0.338 e. The van der Waals surface area contributed by atoms with Crippen molar-refractivity contribution in [3.8, 4) is 11.5 Å². The summed E-state index contributed by atoms with van der Waals surface area (Å²) in [6, 6.07) is 4.83. The molecule has 0 aliphatic carbocycles. The topological polar surface area (TPSA) is 100 Å². The molecule has 0 unspecified atom stereocenters. The molecule has 0 amide bonds. The van der Waals surface area contributed by atoms with Crippen molar-refractivity contribution < 1.29 is 19.0 Å². The molecule has 27 heavy (non-hydrogen) atoms. The van der Waals surface area contributed by atoms with Gasteiger partial charge in [-0.25, -0.2) is 4.79 Å². The van der Waals surface area contributed by atoms with E-state index in [1.54, 1.807) is 38.0 Å². The van der Waals surface area contributed by atoms with Gasteiger partial charge in [0.25, 0.3) is 0 Å². The summed E-state index contributed by atoms with van der Waals surface area (Å²) in [4.78, 5) is 12.9. The first-order valence-electron chi connectivity index (χ1n) is 8.75. The summed E-state index contributed by atoms with van der Waals surface area (Å²) in [6.45, 7) is 4.21. The van der Waals surface area contributed by atoms with Crippen LogP contribution in [0.3, 0.4) is 0 Å². The molecule has 0 radical (unpaired) electrons. The third-order valence-electron chi connectivity index (χ3n) is 4.40. The van der Waals surface area contributed by atoms with Gasteiger partial charge in [-0.15, -0.1) is 0 Å². The van der Waals surface area contributed by atoms with Gasteiger partial charge in [-0.2, -0.15) is 4.68 Å². The number of carbonyl (C=O) groups excluding carboxylic acids is 1. The second-order valence-electron chi connectivity index (χ2n) is 6.11. The number of benzene rings is 1. The van der Waals surface area contributed by atoms with Gasteiger partial charge in [0, 0.05) is 17.3 Å². The Kier molecular flexibility index (Phi) is 5.58. The Bertz CT molecular complexity index is 861. The number of rotatable bonds is 7. The van der Waals surface area contributed by atoms with Crippen LogP contribution in [-0.2, 0) is 9.53 Å². The molecular formula is C18H23N5O4. The van der Waals surface area contributed by atoms with Gasteiger partial charge in [0.15, 0.2) is 0 Å². The van der Waals surface area contributed by atoms with Crippen LogP contribution in [0.5, 0.6) is 11.5 Å². The normalized spacial score (nSPS) is 15.8. The summed E-state index contributed by atoms with van der Waals surface area (Å²) in [7, 11) is 3.15. The number of aromatic nitrogens is 4. The van der Waals surface area contributed by atoms with Crippen LogP contribution in [-0.4, -0.2) is 47.0 Å². The zero-order chi connectivity index (χ0) is 19.4. The average molecular weight is 373 g/mol. The monoisotopic (exact) mass is 373 g/mol. The fraction of sp³-hybridized carbons (Fsp3) is 0.444. The molecular weight excluding hydrogens is 350 g/mol. The first kappa shape index (κ1) is 18.7. The van der Waals surface area contributed by atoms with Gasteiger partial charge in [0.1, 0.15) is 17.5 Å². The molecule has 3 rings (SSSR count). The molecule has 0 spiro atoms. The highest BCUT2D eigenvalue weighted by Gasteiger charge is 2.36. The molecule has 1 N–H and O–H groups in total. The minimum Gasteiger partial charge on any atom is -0.497 e. The van der Waals surface area contributed by atoms with E-state index < -0.39 is 12.0 Å². The van der Waals surface area contributed by atoms with E-state index in [-0.39, 0.29) is 0 Å². The van der Waals surface area contributed by atoms with Gasteiger partial charge in [-0.1, -0.05) is 18.4 Å². The van der Waals surface area contributed by atoms with Crippen molar-refractivity contribution in [1.29, 1.82) is 0 Å². The Balaban J connectivity index is 2.08. The molecule has 1 atom stereocenters. The molecule has 1 aromatic heterocycles. The lowest BCUT2D eigenvalue weighted by molar-refractivity contribution is -0.139. The Morgan fingerprint density at radius 2 is 2.11 bits per heavy atom. The Labute approximate surface area is 157 Å². The summed E-state index contributed by atoms with van der Waals surface area (Å²) in [5, 5.41) is 14.8. The largest absolute Gasteiger partial charge is 0.497 e. The van der Waals surface area contributed by atoms with E-state index in [0.29, 0.717) is 35.3 Å². The lowest BCUT2D eigenvalue weighted by Crippen LogP contribution is -2.30. The third kappa shape index (κ3) is 3.57. The zero-order valence-corrected chi connectivity index (χ0v) is 15.9. The van der Waals surface area contributed by atoms with E-state index >= 15 is 0 Å². The maximum atomic E-state index is 12.9. The molecule has 0 saturated heterocycles. The van der Waals surface area contributed by atoms with Crippen molar-refractivity contribution in [3.63, 3.8) is 0 Å². The number of unbranched alkanes of at least 4 members (excludes halogenated alkanes) is 1. The SMILES string of the molecule is CCCCOC(=O)C1=C(C)Nc2nnnn2[C@H]1c1ccc(OC)cc1OC. The summed E-state index contributed by atoms with van der Waals surface area (Å²) in [6.07, 6.45) is 1.74. The van der Waals surface area contributed by atoms with Crippen molar-refractivity contribution in [3.05, 3.63) is 35.0 Å². The number of tetrazole rings is 1. The number of anilines is 1. The lowest BCUT2D eigenvalue weighted by Gasteiger charge is -2.28. The second kappa shape index (κ2) is 8.07. The van der Waals surface area contributed by atoms with Crippen molar-refractivity contribution in [2.45, 2.75) is 32.7 Å². The number of esters is 1. The van der Waals surface area contributed by atoms with Gasteiger partial charge in [0.2, 0.25) is 5.95 Å². The Morgan fingerprint density at radius 1 is 1.30 bits per heavy atom. The Morgan fingerprint density at radius 3 is 2.81 bits per heavy atom. The van der Waals surface area contributed by atoms with Gasteiger partial charge >= 0.3 is 5.97 Å². The maximum absolute atomic E-state index is 12.9. The summed E-state index contributed by atoms with van der Waals surface area (Å²) in [5.41, 5.74) is 1.81. The van der Waals surface area contributed by atoms with Crippen LogP contribution in [0.2, 0.25) is 0 Å². The number of hydrogen-bond donors (Lipinski definition) is 1. The summed E-state index contributed by atoms with van der Waals surface area (Å²) in [5.74, 6) is 1.25. The highest BCUT2D eigenvalue weighted by atomic mass is 16.5. The summed E-state index contributed by atoms with van der Waals surface area (Å²) < 4.78 is 17.8. The predicted octanol–water partition coefficient (Wildman–Crippen LogP) is 2.32. The Hall–Kier alpha value is -3.10. The number of allylic oxidation sites excluding steroid dienone is 1. The first-order valence-corrected chi connectivity index (χ1v) is 8.75. The molecule has 2 aromatic rings. The minimum atomic E-state index is -0.578. The zero-order valence-electron chi connectivity index (χ0n) is 15.9. The van der Waals surface area contributed by atoms with E-state index in [0.717, 1.165) is 18.4 Å². The van der Waals surface area contributed by atoms with Crippen LogP contribution >= 0.6 is 0 Å². The van der Waals surface area contributed by atoms with Gasteiger partial charge in [-0.05, 0) is 35.9 Å². The number of nitrogens with zero attached hydrogens (tertiary/aromatic N) is 4. The fourth-order valence-corrected chi connectivity index (χ4v) is 3.00. The molecule has 2 heterocycles. The first-order chi connectivity index (χ1) is 13.1. The van der Waals surface area contributed by atoms with Crippen LogP contribution in [0.15, 0.2) is 29.5 Å². The van der Waals surface area contributed by atoms with Crippen LogP contribution in [0.4, 0.5) is 5.95 Å². The average Bonchev–Trinajstić information content (AvgIpc) is 3.14. The molecule has 1 aliphatic rings. The number of fused-ring (bicyclic) bond motifs is 1. The maximum Gasteiger partial charge on any atom is 0.338 e. The molecule has 9 heteroatoms. The number of nitrogens with one attached hydrogen (secondary N) is 1. The van der Waals surface area contributed by atoms with Crippen LogP contribution < -0.4 is 14.8 Å². The van der Waals surface area contributed by atoms with E-state index in [1.165, 1.54) is 0 Å². The quantitative estimate of drug-likeness (QED) is 0.583. The highest BCUT2D eigenvalue weighted by Crippen LogP contribution is 2.40. The molecule has 9 nitrogen and oxygen atoms in total. The lowest BCUT2D eigenvalue weighted by atomic mass is 9.95. The predicted molar refractivity (Wildman–Crippen MR) is 97.7 cm³/mol.